The highest BCUT2D eigenvalue weighted by molar-refractivity contribution is 7.11. The van der Waals surface area contributed by atoms with E-state index in [0.717, 1.165) is 23.8 Å². The van der Waals surface area contributed by atoms with Crippen LogP contribution in [-0.4, -0.2) is 11.6 Å². The lowest BCUT2D eigenvalue weighted by Gasteiger charge is -2.16. The number of nitrogens with zero attached hydrogens (tertiary/aromatic N) is 1. The number of thiazole rings is 1. The van der Waals surface area contributed by atoms with E-state index in [1.807, 2.05) is 0 Å². The molecule has 0 saturated heterocycles. The highest BCUT2D eigenvalue weighted by Gasteiger charge is 2.20. The minimum atomic E-state index is 0.0926. The van der Waals surface area contributed by atoms with Crippen LogP contribution < -0.4 is 10.5 Å². The van der Waals surface area contributed by atoms with E-state index < -0.39 is 0 Å². The monoisotopic (exact) mass is 156 g/mol. The van der Waals surface area contributed by atoms with Gasteiger partial charge in [0.25, 0.3) is 0 Å². The number of ether oxygens (including phenoxy) is 1. The molecule has 0 saturated carbocycles. The van der Waals surface area contributed by atoms with Crippen LogP contribution in [0.1, 0.15) is 18.2 Å². The van der Waals surface area contributed by atoms with E-state index in [-0.39, 0.29) is 6.04 Å². The molecule has 2 rings (SSSR count). The molecule has 0 fully saturated rings. The molecule has 0 amide bonds. The first-order chi connectivity index (χ1) is 4.88. The molecular weight excluding hydrogens is 148 g/mol. The molecule has 1 aliphatic heterocycles. The van der Waals surface area contributed by atoms with Gasteiger partial charge >= 0.3 is 0 Å². The zero-order valence-corrected chi connectivity index (χ0v) is 6.23. The molecule has 0 aromatic carbocycles. The van der Waals surface area contributed by atoms with Crippen LogP contribution in [0.2, 0.25) is 0 Å². The van der Waals surface area contributed by atoms with Gasteiger partial charge in [0.1, 0.15) is 5.69 Å². The maximum Gasteiger partial charge on any atom is 0.198 e. The summed E-state index contributed by atoms with van der Waals surface area (Å²) in [5.41, 5.74) is 8.46. The first-order valence-corrected chi connectivity index (χ1v) is 4.07. The molecular formula is C6H8N2OS. The maximum absolute atomic E-state index is 5.75. The van der Waals surface area contributed by atoms with Crippen molar-refractivity contribution in [3.05, 3.63) is 11.2 Å². The van der Waals surface area contributed by atoms with E-state index in [1.54, 1.807) is 5.51 Å². The Hall–Kier alpha value is -0.610. The van der Waals surface area contributed by atoms with Crippen molar-refractivity contribution in [2.75, 3.05) is 6.61 Å². The summed E-state index contributed by atoms with van der Waals surface area (Å²) >= 11 is 1.52. The highest BCUT2D eigenvalue weighted by atomic mass is 32.1. The summed E-state index contributed by atoms with van der Waals surface area (Å²) < 4.78 is 5.31. The number of aromatic nitrogens is 1. The van der Waals surface area contributed by atoms with Gasteiger partial charge in [0.2, 0.25) is 0 Å². The second-order valence-electron chi connectivity index (χ2n) is 2.27. The minimum absolute atomic E-state index is 0.0926. The summed E-state index contributed by atoms with van der Waals surface area (Å²) in [6.07, 6.45) is 0.886. The highest BCUT2D eigenvalue weighted by Crippen LogP contribution is 2.32. The third kappa shape index (κ3) is 0.803. The molecule has 4 heteroatoms. The molecule has 0 aliphatic carbocycles. The van der Waals surface area contributed by atoms with Gasteiger partial charge < -0.3 is 10.5 Å². The quantitative estimate of drug-likeness (QED) is 0.607. The van der Waals surface area contributed by atoms with Gasteiger partial charge in [-0.1, -0.05) is 11.3 Å². The lowest BCUT2D eigenvalue weighted by Crippen LogP contribution is -2.19. The second kappa shape index (κ2) is 2.21. The zero-order chi connectivity index (χ0) is 6.97. The van der Waals surface area contributed by atoms with Gasteiger partial charge in [-0.25, -0.2) is 4.98 Å². The summed E-state index contributed by atoms with van der Waals surface area (Å²) in [5.74, 6) is 0. The fourth-order valence-corrected chi connectivity index (χ4v) is 1.75. The van der Waals surface area contributed by atoms with Crippen molar-refractivity contribution >= 4 is 11.3 Å². The summed E-state index contributed by atoms with van der Waals surface area (Å²) in [7, 11) is 0. The van der Waals surface area contributed by atoms with Crippen LogP contribution >= 0.6 is 11.3 Å². The van der Waals surface area contributed by atoms with Gasteiger partial charge in [-0.2, -0.15) is 0 Å². The Balaban J connectivity index is 2.41. The van der Waals surface area contributed by atoms with E-state index in [9.17, 15) is 0 Å². The first kappa shape index (κ1) is 6.12. The van der Waals surface area contributed by atoms with Gasteiger partial charge in [0.15, 0.2) is 5.06 Å². The number of hydrogen-bond acceptors (Lipinski definition) is 4. The number of fused-ring (bicyclic) bond motifs is 1. The van der Waals surface area contributed by atoms with Gasteiger partial charge in [-0.15, -0.1) is 0 Å². The Morgan fingerprint density at radius 3 is 3.50 bits per heavy atom. The normalized spacial score (nSPS) is 23.5. The van der Waals surface area contributed by atoms with Gasteiger partial charge in [-0.05, 0) is 0 Å². The average molecular weight is 156 g/mol. The Bertz CT molecular complexity index is 235. The van der Waals surface area contributed by atoms with Crippen molar-refractivity contribution in [1.29, 1.82) is 0 Å². The smallest absolute Gasteiger partial charge is 0.198 e. The Morgan fingerprint density at radius 2 is 2.70 bits per heavy atom. The van der Waals surface area contributed by atoms with E-state index in [0.29, 0.717) is 0 Å². The Kier molecular flexibility index (Phi) is 1.35. The Labute approximate surface area is 62.8 Å². The van der Waals surface area contributed by atoms with E-state index >= 15 is 0 Å². The maximum atomic E-state index is 5.75. The third-order valence-electron chi connectivity index (χ3n) is 1.57. The standard InChI is InChI=1S/C6H8N2OS/c7-4-1-2-9-6-5(4)8-3-10-6/h3-4H,1-2,7H2. The number of rotatable bonds is 0. The molecule has 1 aromatic heterocycles. The molecule has 2 N–H and O–H groups in total. The topological polar surface area (TPSA) is 48.1 Å². The van der Waals surface area contributed by atoms with Crippen molar-refractivity contribution in [1.82, 2.24) is 4.98 Å². The van der Waals surface area contributed by atoms with Crippen LogP contribution in [0.25, 0.3) is 0 Å². The van der Waals surface area contributed by atoms with Crippen LogP contribution in [0, 0.1) is 0 Å². The summed E-state index contributed by atoms with van der Waals surface area (Å²) in [6, 6.07) is 0.0926. The van der Waals surface area contributed by atoms with Crippen molar-refractivity contribution in [3.63, 3.8) is 0 Å². The lowest BCUT2D eigenvalue weighted by molar-refractivity contribution is 0.275. The molecule has 0 radical (unpaired) electrons. The molecule has 1 unspecified atom stereocenters. The summed E-state index contributed by atoms with van der Waals surface area (Å²) in [5, 5.41) is 0.902. The lowest BCUT2D eigenvalue weighted by atomic mass is 10.1. The van der Waals surface area contributed by atoms with Crippen molar-refractivity contribution in [3.8, 4) is 5.06 Å². The van der Waals surface area contributed by atoms with Gasteiger partial charge in [-0.3, -0.25) is 0 Å². The van der Waals surface area contributed by atoms with Crippen molar-refractivity contribution in [2.24, 2.45) is 5.73 Å². The van der Waals surface area contributed by atoms with Crippen molar-refractivity contribution < 1.29 is 4.74 Å². The third-order valence-corrected chi connectivity index (χ3v) is 2.33. The van der Waals surface area contributed by atoms with E-state index in [1.165, 1.54) is 11.3 Å². The molecule has 1 atom stereocenters. The fraction of sp³-hybridized carbons (Fsp3) is 0.500. The Morgan fingerprint density at radius 1 is 1.80 bits per heavy atom. The van der Waals surface area contributed by atoms with Crippen molar-refractivity contribution in [2.45, 2.75) is 12.5 Å². The summed E-state index contributed by atoms with van der Waals surface area (Å²) in [6.45, 7) is 0.732. The van der Waals surface area contributed by atoms with Crippen LogP contribution in [-0.2, 0) is 0 Å². The predicted octanol–water partition coefficient (Wildman–Crippen LogP) is 0.925. The molecule has 3 nitrogen and oxygen atoms in total. The zero-order valence-electron chi connectivity index (χ0n) is 5.41. The molecule has 0 bridgehead atoms. The van der Waals surface area contributed by atoms with E-state index in [2.05, 4.69) is 4.98 Å². The minimum Gasteiger partial charge on any atom is -0.482 e. The van der Waals surface area contributed by atoms with Crippen LogP contribution in [0.15, 0.2) is 5.51 Å². The SMILES string of the molecule is NC1CCOc2scnc21. The number of hydrogen-bond donors (Lipinski definition) is 1. The van der Waals surface area contributed by atoms with Gasteiger partial charge in [0.05, 0.1) is 18.2 Å². The largest absolute Gasteiger partial charge is 0.482 e. The predicted molar refractivity (Wildman–Crippen MR) is 39.2 cm³/mol. The molecule has 1 aromatic rings. The molecule has 10 heavy (non-hydrogen) atoms. The first-order valence-electron chi connectivity index (χ1n) is 3.19. The summed E-state index contributed by atoms with van der Waals surface area (Å²) in [4.78, 5) is 4.11. The average Bonchev–Trinajstić information content (AvgIpc) is 2.36. The molecule has 54 valence electrons. The van der Waals surface area contributed by atoms with E-state index in [4.69, 9.17) is 10.5 Å². The number of nitrogens with two attached hydrogens (primary N) is 1. The molecule has 0 spiro atoms. The second-order valence-corrected chi connectivity index (χ2v) is 3.09. The molecule has 1 aliphatic rings. The van der Waals surface area contributed by atoms with Crippen LogP contribution in [0.4, 0.5) is 0 Å². The van der Waals surface area contributed by atoms with Crippen LogP contribution in [0.5, 0.6) is 5.06 Å². The molecule has 2 heterocycles. The van der Waals surface area contributed by atoms with Gasteiger partial charge in [0, 0.05) is 6.42 Å². The van der Waals surface area contributed by atoms with Crippen LogP contribution in [0.3, 0.4) is 0 Å². The fourth-order valence-electron chi connectivity index (χ4n) is 1.01.